The van der Waals surface area contributed by atoms with Crippen molar-refractivity contribution in [2.75, 3.05) is 25.0 Å². The van der Waals surface area contributed by atoms with Crippen molar-refractivity contribution in [3.63, 3.8) is 0 Å². The number of nitro groups is 1. The summed E-state index contributed by atoms with van der Waals surface area (Å²) in [6.45, 7) is 2.18. The number of hydrogen-bond acceptors (Lipinski definition) is 4. The zero-order valence-electron chi connectivity index (χ0n) is 10.1. The van der Waals surface area contributed by atoms with Gasteiger partial charge in [-0.05, 0) is 28.9 Å². The number of benzene rings is 1. The molecule has 2 N–H and O–H groups in total. The van der Waals surface area contributed by atoms with Crippen LogP contribution >= 0.6 is 15.9 Å². The molecule has 7 heteroatoms. The summed E-state index contributed by atoms with van der Waals surface area (Å²) in [6.07, 6.45) is 2.93. The fraction of sp³-hybridized carbons (Fsp3) is 0.333. The lowest BCUT2D eigenvalue weighted by Gasteiger charge is -2.15. The Hall–Kier alpha value is -1.47. The van der Waals surface area contributed by atoms with Crippen LogP contribution in [0.25, 0.3) is 0 Å². The lowest BCUT2D eigenvalue weighted by molar-refractivity contribution is -0.384. The fourth-order valence-corrected chi connectivity index (χ4v) is 2.20. The van der Waals surface area contributed by atoms with Gasteiger partial charge in [0.1, 0.15) is 11.5 Å². The van der Waals surface area contributed by atoms with Crippen LogP contribution in [0.4, 0.5) is 15.8 Å². The van der Waals surface area contributed by atoms with E-state index >= 15 is 0 Å². The summed E-state index contributed by atoms with van der Waals surface area (Å²) in [5.41, 5.74) is 1.23. The van der Waals surface area contributed by atoms with E-state index < -0.39 is 10.7 Å². The number of hydrogen-bond donors (Lipinski definition) is 2. The predicted octanol–water partition coefficient (Wildman–Crippen LogP) is 2.83. The van der Waals surface area contributed by atoms with E-state index in [0.717, 1.165) is 31.1 Å². The first-order valence-corrected chi connectivity index (χ1v) is 6.63. The van der Waals surface area contributed by atoms with Gasteiger partial charge in [0.05, 0.1) is 9.40 Å². The summed E-state index contributed by atoms with van der Waals surface area (Å²) >= 11 is 2.95. The van der Waals surface area contributed by atoms with Crippen molar-refractivity contribution in [1.29, 1.82) is 0 Å². The third-order valence-corrected chi connectivity index (χ3v) is 3.51. The largest absolute Gasteiger partial charge is 0.376 e. The number of nitro benzene ring substituents is 1. The molecular formula is C12H13BrFN3O2. The summed E-state index contributed by atoms with van der Waals surface area (Å²) in [5.74, 6) is -0.521. The van der Waals surface area contributed by atoms with Crippen LogP contribution < -0.4 is 10.6 Å². The maximum atomic E-state index is 13.5. The molecule has 0 aromatic heterocycles. The van der Waals surface area contributed by atoms with Gasteiger partial charge in [-0.25, -0.2) is 4.39 Å². The maximum Gasteiger partial charge on any atom is 0.293 e. The van der Waals surface area contributed by atoms with Crippen LogP contribution in [0, 0.1) is 15.9 Å². The molecule has 1 aliphatic rings. The van der Waals surface area contributed by atoms with E-state index in [-0.39, 0.29) is 15.8 Å². The average Bonchev–Trinajstić information content (AvgIpc) is 2.40. The molecule has 1 aliphatic heterocycles. The lowest BCUT2D eigenvalue weighted by atomic mass is 10.1. The van der Waals surface area contributed by atoms with Gasteiger partial charge in [-0.15, -0.1) is 0 Å². The molecular weight excluding hydrogens is 317 g/mol. The van der Waals surface area contributed by atoms with Crippen LogP contribution in [0.3, 0.4) is 0 Å². The summed E-state index contributed by atoms with van der Waals surface area (Å²) in [5, 5.41) is 17.0. The first-order valence-electron chi connectivity index (χ1n) is 5.84. The zero-order valence-corrected chi connectivity index (χ0v) is 11.7. The Balaban J connectivity index is 2.16. The molecule has 5 nitrogen and oxygen atoms in total. The molecule has 0 fully saturated rings. The van der Waals surface area contributed by atoms with Crippen LogP contribution in [0.15, 0.2) is 28.3 Å². The standard InChI is InChI=1S/C12H13BrFN3O2/c13-9-5-12(17(18)19)11(6-10(9)14)16-7-8-1-3-15-4-2-8/h1,5-6,15-16H,2-4,7H2. The van der Waals surface area contributed by atoms with Crippen molar-refractivity contribution in [1.82, 2.24) is 5.32 Å². The lowest BCUT2D eigenvalue weighted by Crippen LogP contribution is -2.23. The van der Waals surface area contributed by atoms with Gasteiger partial charge in [0.15, 0.2) is 0 Å². The molecule has 2 rings (SSSR count). The van der Waals surface area contributed by atoms with E-state index in [1.54, 1.807) is 0 Å². The van der Waals surface area contributed by atoms with Crippen LogP contribution in [-0.2, 0) is 0 Å². The van der Waals surface area contributed by atoms with Crippen molar-refractivity contribution in [3.8, 4) is 0 Å². The molecule has 0 unspecified atom stereocenters. The van der Waals surface area contributed by atoms with Gasteiger partial charge in [0.25, 0.3) is 5.69 Å². The van der Waals surface area contributed by atoms with Gasteiger partial charge in [-0.1, -0.05) is 11.6 Å². The van der Waals surface area contributed by atoms with Gasteiger partial charge in [0.2, 0.25) is 0 Å². The Morgan fingerprint density at radius 2 is 2.32 bits per heavy atom. The quantitative estimate of drug-likeness (QED) is 0.506. The molecule has 1 aromatic carbocycles. The van der Waals surface area contributed by atoms with E-state index in [1.165, 1.54) is 6.07 Å². The number of anilines is 1. The molecule has 102 valence electrons. The SMILES string of the molecule is O=[N+]([O-])c1cc(Br)c(F)cc1NCC1=CCNCC1. The number of nitrogens with zero attached hydrogens (tertiary/aromatic N) is 1. The summed E-state index contributed by atoms with van der Waals surface area (Å²) < 4.78 is 13.5. The summed E-state index contributed by atoms with van der Waals surface area (Å²) in [6, 6.07) is 2.32. The number of rotatable bonds is 4. The third kappa shape index (κ3) is 3.51. The van der Waals surface area contributed by atoms with E-state index in [9.17, 15) is 14.5 Å². The zero-order chi connectivity index (χ0) is 13.8. The smallest absolute Gasteiger partial charge is 0.293 e. The molecule has 0 atom stereocenters. The number of nitrogens with one attached hydrogen (secondary N) is 2. The van der Waals surface area contributed by atoms with Gasteiger partial charge < -0.3 is 10.6 Å². The van der Waals surface area contributed by atoms with E-state index in [1.807, 2.05) is 6.08 Å². The summed E-state index contributed by atoms with van der Waals surface area (Å²) in [4.78, 5) is 10.4. The van der Waals surface area contributed by atoms with Crippen molar-refractivity contribution in [2.24, 2.45) is 0 Å². The monoisotopic (exact) mass is 329 g/mol. The second kappa shape index (κ2) is 6.12. The van der Waals surface area contributed by atoms with Crippen LogP contribution in [0.2, 0.25) is 0 Å². The molecule has 0 saturated heterocycles. The Morgan fingerprint density at radius 1 is 1.53 bits per heavy atom. The van der Waals surface area contributed by atoms with Gasteiger partial charge >= 0.3 is 0 Å². The normalized spacial score (nSPS) is 14.9. The molecule has 0 spiro atoms. The molecule has 1 heterocycles. The van der Waals surface area contributed by atoms with Crippen LogP contribution in [0.5, 0.6) is 0 Å². The predicted molar refractivity (Wildman–Crippen MR) is 74.8 cm³/mol. The van der Waals surface area contributed by atoms with Crippen molar-refractivity contribution >= 4 is 27.3 Å². The molecule has 0 saturated carbocycles. The third-order valence-electron chi connectivity index (χ3n) is 2.90. The van der Waals surface area contributed by atoms with Crippen LogP contribution in [0.1, 0.15) is 6.42 Å². The molecule has 0 bridgehead atoms. The Kier molecular flexibility index (Phi) is 4.49. The minimum atomic E-state index is -0.524. The number of halogens is 2. The topological polar surface area (TPSA) is 67.2 Å². The molecule has 0 radical (unpaired) electrons. The van der Waals surface area contributed by atoms with Crippen molar-refractivity contribution < 1.29 is 9.31 Å². The minimum Gasteiger partial charge on any atom is -0.376 e. The molecule has 19 heavy (non-hydrogen) atoms. The molecule has 0 aliphatic carbocycles. The second-order valence-electron chi connectivity index (χ2n) is 4.21. The van der Waals surface area contributed by atoms with Crippen LogP contribution in [-0.4, -0.2) is 24.6 Å². The van der Waals surface area contributed by atoms with E-state index in [4.69, 9.17) is 0 Å². The maximum absolute atomic E-state index is 13.5. The highest BCUT2D eigenvalue weighted by Crippen LogP contribution is 2.30. The van der Waals surface area contributed by atoms with Gasteiger partial charge in [0, 0.05) is 25.2 Å². The van der Waals surface area contributed by atoms with Gasteiger partial charge in [-0.2, -0.15) is 0 Å². The van der Waals surface area contributed by atoms with Crippen molar-refractivity contribution in [2.45, 2.75) is 6.42 Å². The molecule has 1 aromatic rings. The average molecular weight is 330 g/mol. The second-order valence-corrected chi connectivity index (χ2v) is 5.06. The Bertz CT molecular complexity index is 534. The highest BCUT2D eigenvalue weighted by molar-refractivity contribution is 9.10. The Labute approximate surface area is 118 Å². The summed E-state index contributed by atoms with van der Waals surface area (Å²) in [7, 11) is 0. The highest BCUT2D eigenvalue weighted by atomic mass is 79.9. The van der Waals surface area contributed by atoms with Crippen molar-refractivity contribution in [3.05, 3.63) is 44.2 Å². The first kappa shape index (κ1) is 14.0. The first-order chi connectivity index (χ1) is 9.08. The highest BCUT2D eigenvalue weighted by Gasteiger charge is 2.17. The van der Waals surface area contributed by atoms with Gasteiger partial charge in [-0.3, -0.25) is 10.1 Å². The Morgan fingerprint density at radius 3 is 2.95 bits per heavy atom. The van der Waals surface area contributed by atoms with E-state index in [0.29, 0.717) is 6.54 Å². The van der Waals surface area contributed by atoms with E-state index in [2.05, 4.69) is 26.6 Å². The fourth-order valence-electron chi connectivity index (χ4n) is 1.87. The minimum absolute atomic E-state index is 0.0887. The molecule has 0 amide bonds.